The van der Waals surface area contributed by atoms with Crippen molar-refractivity contribution in [2.24, 2.45) is 0 Å². The monoisotopic (exact) mass is 126 g/mol. The summed E-state index contributed by atoms with van der Waals surface area (Å²) < 4.78 is 0. The highest BCUT2D eigenvalue weighted by Crippen LogP contribution is 2.07. The molecule has 0 saturated carbocycles. The lowest BCUT2D eigenvalue weighted by atomic mass is 10.3. The zero-order valence-electron chi connectivity index (χ0n) is 5.64. The molecule has 1 heterocycles. The maximum absolute atomic E-state index is 10.9. The minimum absolute atomic E-state index is 0.0833. The van der Waals surface area contributed by atoms with Crippen molar-refractivity contribution in [1.29, 1.82) is 0 Å². The van der Waals surface area contributed by atoms with E-state index in [9.17, 15) is 4.79 Å². The number of rotatable bonds is 0. The van der Waals surface area contributed by atoms with Crippen LogP contribution in [0.3, 0.4) is 0 Å². The van der Waals surface area contributed by atoms with Crippen molar-refractivity contribution in [3.63, 3.8) is 0 Å². The van der Waals surface area contributed by atoms with E-state index in [0.717, 1.165) is 0 Å². The molecule has 1 rings (SSSR count). The summed E-state index contributed by atoms with van der Waals surface area (Å²) in [5.74, 6) is 0.771. The fraction of sp³-hybridized carbons (Fsp3) is 0.500. The molecule has 1 N–H and O–H groups in total. The number of nitrogens with one attached hydrogen (secondary N) is 1. The van der Waals surface area contributed by atoms with Crippen molar-refractivity contribution in [2.45, 2.75) is 13.0 Å². The van der Waals surface area contributed by atoms with Gasteiger partial charge in [-0.2, -0.15) is 0 Å². The number of amides is 1. The summed E-state index contributed by atoms with van der Waals surface area (Å²) >= 11 is 0. The fourth-order valence-corrected chi connectivity index (χ4v) is 0.832. The summed E-state index contributed by atoms with van der Waals surface area (Å²) in [5, 5.41) is 2.90. The molecule has 1 fully saturated rings. The molecule has 0 bridgehead atoms. The molecule has 1 atom stereocenters. The van der Waals surface area contributed by atoms with E-state index in [1.54, 1.807) is 7.05 Å². The molecule has 0 aromatic heterocycles. The number of likely N-dealkylation sites (N-methyl/N-ethyl adjacent to an activating group) is 1. The van der Waals surface area contributed by atoms with E-state index in [4.69, 9.17) is 0 Å². The highest BCUT2D eigenvalue weighted by molar-refractivity contribution is 5.85. The minimum Gasteiger partial charge on any atom is -0.360 e. The van der Waals surface area contributed by atoms with Crippen LogP contribution in [0.4, 0.5) is 0 Å². The number of hydrogen-bond donors (Lipinski definition) is 1. The number of carbonyl (C=O) groups excluding carboxylic acids is 1. The van der Waals surface area contributed by atoms with E-state index >= 15 is 0 Å². The first kappa shape index (κ1) is 6.13. The van der Waals surface area contributed by atoms with Crippen molar-refractivity contribution in [3.05, 3.63) is 12.4 Å². The van der Waals surface area contributed by atoms with Crippen molar-refractivity contribution in [3.8, 4) is 0 Å². The van der Waals surface area contributed by atoms with Gasteiger partial charge in [-0.15, -0.1) is 0 Å². The normalized spacial score (nSPS) is 26.9. The number of hydrogen-bond acceptors (Lipinski definition) is 2. The highest BCUT2D eigenvalue weighted by atomic mass is 16.2. The summed E-state index contributed by atoms with van der Waals surface area (Å²) in [4.78, 5) is 12.4. The lowest BCUT2D eigenvalue weighted by molar-refractivity contribution is -0.126. The molecule has 0 unspecified atom stereocenters. The van der Waals surface area contributed by atoms with E-state index in [0.29, 0.717) is 5.82 Å². The first-order chi connectivity index (χ1) is 4.13. The first-order valence-corrected chi connectivity index (χ1v) is 2.86. The molecular weight excluding hydrogens is 116 g/mol. The zero-order valence-corrected chi connectivity index (χ0v) is 5.64. The molecule has 0 aromatic rings. The molecule has 9 heavy (non-hydrogen) atoms. The van der Waals surface area contributed by atoms with Crippen LogP contribution in [-0.2, 0) is 4.79 Å². The van der Waals surface area contributed by atoms with Crippen LogP contribution >= 0.6 is 0 Å². The number of carbonyl (C=O) groups is 1. The summed E-state index contributed by atoms with van der Waals surface area (Å²) in [5.41, 5.74) is 0. The lowest BCUT2D eigenvalue weighted by Gasteiger charge is -2.05. The van der Waals surface area contributed by atoms with Crippen molar-refractivity contribution in [1.82, 2.24) is 10.2 Å². The van der Waals surface area contributed by atoms with Gasteiger partial charge in [0, 0.05) is 7.05 Å². The van der Waals surface area contributed by atoms with E-state index in [2.05, 4.69) is 11.9 Å². The molecule has 1 aliphatic heterocycles. The van der Waals surface area contributed by atoms with Crippen molar-refractivity contribution in [2.75, 3.05) is 7.05 Å². The summed E-state index contributed by atoms with van der Waals surface area (Å²) in [7, 11) is 1.71. The van der Waals surface area contributed by atoms with Gasteiger partial charge in [0.25, 0.3) is 0 Å². The molecule has 0 spiro atoms. The van der Waals surface area contributed by atoms with Crippen molar-refractivity contribution < 1.29 is 4.79 Å². The summed E-state index contributed by atoms with van der Waals surface area (Å²) in [6.45, 7) is 5.45. The smallest absolute Gasteiger partial charge is 0.250 e. The Bertz CT molecular complexity index is 164. The Labute approximate surface area is 54.3 Å². The van der Waals surface area contributed by atoms with Crippen LogP contribution in [0.2, 0.25) is 0 Å². The van der Waals surface area contributed by atoms with Crippen molar-refractivity contribution >= 4 is 5.91 Å². The largest absolute Gasteiger partial charge is 0.360 e. The topological polar surface area (TPSA) is 32.3 Å². The molecule has 0 aromatic carbocycles. The predicted molar refractivity (Wildman–Crippen MR) is 34.5 cm³/mol. The van der Waals surface area contributed by atoms with E-state index in [-0.39, 0.29) is 11.9 Å². The molecule has 0 radical (unpaired) electrons. The van der Waals surface area contributed by atoms with E-state index < -0.39 is 0 Å². The summed E-state index contributed by atoms with van der Waals surface area (Å²) in [6, 6.07) is -0.0949. The van der Waals surface area contributed by atoms with Gasteiger partial charge in [0.2, 0.25) is 5.91 Å². The predicted octanol–water partition coefficient (Wildman–Crippen LogP) is -0.0923. The van der Waals surface area contributed by atoms with Gasteiger partial charge in [-0.1, -0.05) is 6.58 Å². The van der Waals surface area contributed by atoms with Gasteiger partial charge in [0.15, 0.2) is 0 Å². The van der Waals surface area contributed by atoms with Gasteiger partial charge in [0.05, 0.1) is 0 Å². The molecule has 3 nitrogen and oxygen atoms in total. The highest BCUT2D eigenvalue weighted by Gasteiger charge is 2.26. The van der Waals surface area contributed by atoms with Gasteiger partial charge >= 0.3 is 0 Å². The van der Waals surface area contributed by atoms with Gasteiger partial charge in [-0.25, -0.2) is 0 Å². The third kappa shape index (κ3) is 0.781. The Balaban J connectivity index is 2.77. The maximum atomic E-state index is 10.9. The Morgan fingerprint density at radius 2 is 2.33 bits per heavy atom. The molecule has 50 valence electrons. The SMILES string of the molecule is C=C1N[C@@H](C)C(=O)N1C. The van der Waals surface area contributed by atoms with Gasteiger partial charge < -0.3 is 10.2 Å². The molecule has 1 amide bonds. The lowest BCUT2D eigenvalue weighted by Crippen LogP contribution is -2.24. The second-order valence-electron chi connectivity index (χ2n) is 2.21. The van der Waals surface area contributed by atoms with Gasteiger partial charge in [-0.3, -0.25) is 4.79 Å². The molecular formula is C6H10N2O. The van der Waals surface area contributed by atoms with Crippen LogP contribution in [0.1, 0.15) is 6.92 Å². The Morgan fingerprint density at radius 1 is 1.78 bits per heavy atom. The zero-order chi connectivity index (χ0) is 7.02. The van der Waals surface area contributed by atoms with E-state index in [1.165, 1.54) is 4.90 Å². The van der Waals surface area contributed by atoms with E-state index in [1.807, 2.05) is 6.92 Å². The average molecular weight is 126 g/mol. The minimum atomic E-state index is -0.0949. The molecule has 3 heteroatoms. The molecule has 0 aliphatic carbocycles. The van der Waals surface area contributed by atoms with Crippen LogP contribution in [0.5, 0.6) is 0 Å². The van der Waals surface area contributed by atoms with Crippen LogP contribution in [0.15, 0.2) is 12.4 Å². The second-order valence-corrected chi connectivity index (χ2v) is 2.21. The standard InChI is InChI=1S/C6H10N2O/c1-4-6(9)8(3)5(2)7-4/h4,7H,2H2,1,3H3/t4-/m0/s1. The van der Waals surface area contributed by atoms with Crippen LogP contribution < -0.4 is 5.32 Å². The summed E-state index contributed by atoms with van der Waals surface area (Å²) in [6.07, 6.45) is 0. The third-order valence-corrected chi connectivity index (χ3v) is 1.49. The van der Waals surface area contributed by atoms with Gasteiger partial charge in [0.1, 0.15) is 11.9 Å². The second kappa shape index (κ2) is 1.76. The van der Waals surface area contributed by atoms with Crippen LogP contribution in [0, 0.1) is 0 Å². The molecule has 1 aliphatic rings. The number of nitrogens with zero attached hydrogens (tertiary/aromatic N) is 1. The Kier molecular flexibility index (Phi) is 1.20. The maximum Gasteiger partial charge on any atom is 0.250 e. The first-order valence-electron chi connectivity index (χ1n) is 2.86. The Morgan fingerprint density at radius 3 is 2.44 bits per heavy atom. The fourth-order valence-electron chi connectivity index (χ4n) is 0.832. The quantitative estimate of drug-likeness (QED) is 0.492. The third-order valence-electron chi connectivity index (χ3n) is 1.49. The average Bonchev–Trinajstić information content (AvgIpc) is 1.98. The molecule has 1 saturated heterocycles. The van der Waals surface area contributed by atoms with Crippen LogP contribution in [0.25, 0.3) is 0 Å². The Hall–Kier alpha value is -0.990. The van der Waals surface area contributed by atoms with Crippen LogP contribution in [-0.4, -0.2) is 23.9 Å². The van der Waals surface area contributed by atoms with Gasteiger partial charge in [-0.05, 0) is 6.92 Å².